The number of ether oxygens (including phenoxy) is 1. The molecule has 0 N–H and O–H groups in total. The summed E-state index contributed by atoms with van der Waals surface area (Å²) in [7, 11) is 0. The van der Waals surface area contributed by atoms with E-state index in [1.807, 2.05) is 12.1 Å². The molecule has 0 spiro atoms. The van der Waals surface area contributed by atoms with Gasteiger partial charge in [-0.05, 0) is 36.4 Å². The Hall–Kier alpha value is -3.96. The minimum Gasteiger partial charge on any atom is -0.439 e. The normalized spacial score (nSPS) is 10.5. The number of aromatic nitrogens is 3. The lowest BCUT2D eigenvalue weighted by atomic mass is 10.2. The number of esters is 1. The molecule has 0 aliphatic heterocycles. The van der Waals surface area contributed by atoms with Gasteiger partial charge in [0.15, 0.2) is 6.73 Å². The van der Waals surface area contributed by atoms with Crippen molar-refractivity contribution in [2.75, 3.05) is 0 Å². The molecule has 0 saturated heterocycles. The number of nitrogens with zero attached hydrogens (tertiary/aromatic N) is 4. The summed E-state index contributed by atoms with van der Waals surface area (Å²) >= 11 is 1.30. The molecule has 1 heterocycles. The first-order valence-corrected chi connectivity index (χ1v) is 9.74. The predicted molar refractivity (Wildman–Crippen MR) is 111 cm³/mol. The molecule has 0 saturated carbocycles. The van der Waals surface area contributed by atoms with Crippen LogP contribution < -0.4 is 5.56 Å². The molecule has 0 radical (unpaired) electrons. The van der Waals surface area contributed by atoms with Crippen molar-refractivity contribution in [2.45, 2.75) is 16.5 Å². The van der Waals surface area contributed by atoms with Gasteiger partial charge >= 0.3 is 5.97 Å². The van der Waals surface area contributed by atoms with Crippen LogP contribution in [-0.2, 0) is 11.5 Å². The Labute approximate surface area is 175 Å². The summed E-state index contributed by atoms with van der Waals surface area (Å²) in [5.74, 6) is -0.602. The Bertz CT molecular complexity index is 1340. The molecule has 4 aromatic rings. The van der Waals surface area contributed by atoms with Gasteiger partial charge in [0, 0.05) is 9.79 Å². The Kier molecular flexibility index (Phi) is 5.54. The summed E-state index contributed by atoms with van der Waals surface area (Å²) in [6.07, 6.45) is 0. The summed E-state index contributed by atoms with van der Waals surface area (Å²) in [6, 6.07) is 23.0. The third kappa shape index (κ3) is 3.92. The summed E-state index contributed by atoms with van der Waals surface area (Å²) in [5, 5.41) is 17.5. The van der Waals surface area contributed by atoms with Crippen molar-refractivity contribution >= 4 is 28.6 Å². The Balaban J connectivity index is 1.56. The molecule has 1 aromatic heterocycles. The Morgan fingerprint density at radius 3 is 2.53 bits per heavy atom. The molecule has 0 amide bonds. The van der Waals surface area contributed by atoms with Crippen LogP contribution >= 0.6 is 11.8 Å². The number of nitriles is 1. The quantitative estimate of drug-likeness (QED) is 0.460. The van der Waals surface area contributed by atoms with Crippen LogP contribution in [0.1, 0.15) is 15.9 Å². The van der Waals surface area contributed by atoms with Crippen molar-refractivity contribution in [1.82, 2.24) is 15.0 Å². The highest BCUT2D eigenvalue weighted by molar-refractivity contribution is 7.99. The van der Waals surface area contributed by atoms with Gasteiger partial charge in [-0.15, -0.1) is 5.10 Å². The van der Waals surface area contributed by atoms with Gasteiger partial charge in [-0.3, -0.25) is 4.79 Å². The zero-order valence-electron chi connectivity index (χ0n) is 15.6. The monoisotopic (exact) mass is 414 g/mol. The van der Waals surface area contributed by atoms with Gasteiger partial charge in [-0.2, -0.15) is 9.94 Å². The number of hydrogen-bond acceptors (Lipinski definition) is 7. The lowest BCUT2D eigenvalue weighted by molar-refractivity contribution is 0.0332. The molecular formula is C22H14N4O3S. The lowest BCUT2D eigenvalue weighted by Crippen LogP contribution is -2.26. The number of carbonyl (C=O) groups is 1. The van der Waals surface area contributed by atoms with Gasteiger partial charge in [-0.1, -0.05) is 53.4 Å². The molecule has 4 rings (SSSR count). The second-order valence-corrected chi connectivity index (χ2v) is 7.26. The summed E-state index contributed by atoms with van der Waals surface area (Å²) in [6.45, 7) is -0.358. The van der Waals surface area contributed by atoms with E-state index in [9.17, 15) is 14.9 Å². The minimum absolute atomic E-state index is 0.331. The number of benzene rings is 3. The second-order valence-electron chi connectivity index (χ2n) is 6.18. The summed E-state index contributed by atoms with van der Waals surface area (Å²) in [4.78, 5) is 26.6. The molecule has 30 heavy (non-hydrogen) atoms. The minimum atomic E-state index is -0.602. The van der Waals surface area contributed by atoms with Crippen molar-refractivity contribution in [2.24, 2.45) is 0 Å². The maximum Gasteiger partial charge on any atom is 0.341 e. The van der Waals surface area contributed by atoms with Crippen LogP contribution in [0.4, 0.5) is 0 Å². The first-order chi connectivity index (χ1) is 14.7. The topological polar surface area (TPSA) is 97.9 Å². The van der Waals surface area contributed by atoms with E-state index in [4.69, 9.17) is 4.74 Å². The van der Waals surface area contributed by atoms with Crippen molar-refractivity contribution in [3.05, 3.63) is 94.3 Å². The average molecular weight is 414 g/mol. The molecule has 146 valence electrons. The van der Waals surface area contributed by atoms with E-state index in [2.05, 4.69) is 16.4 Å². The van der Waals surface area contributed by atoms with Gasteiger partial charge in [0.2, 0.25) is 0 Å². The van der Waals surface area contributed by atoms with Crippen LogP contribution in [0.5, 0.6) is 0 Å². The molecule has 8 heteroatoms. The number of carbonyl (C=O) groups excluding carboxylic acids is 1. The fourth-order valence-electron chi connectivity index (χ4n) is 2.80. The number of rotatable bonds is 5. The molecular weight excluding hydrogens is 400 g/mol. The van der Waals surface area contributed by atoms with Gasteiger partial charge < -0.3 is 4.74 Å². The van der Waals surface area contributed by atoms with E-state index in [1.165, 1.54) is 11.8 Å². The standard InChI is InChI=1S/C22H14N4O3S/c23-13-15-7-1-5-11-19(15)30-20-12-6-3-9-17(20)22(28)29-14-26-21(27)16-8-2-4-10-18(16)24-25-26/h1-12H,14H2. The van der Waals surface area contributed by atoms with Crippen molar-refractivity contribution < 1.29 is 9.53 Å². The Morgan fingerprint density at radius 1 is 1.00 bits per heavy atom. The molecule has 7 nitrogen and oxygen atoms in total. The van der Waals surface area contributed by atoms with Crippen molar-refractivity contribution in [3.63, 3.8) is 0 Å². The molecule has 0 atom stereocenters. The molecule has 0 fully saturated rings. The van der Waals surface area contributed by atoms with Crippen LogP contribution in [0.15, 0.2) is 87.4 Å². The van der Waals surface area contributed by atoms with Crippen LogP contribution in [-0.4, -0.2) is 21.0 Å². The van der Waals surface area contributed by atoms with E-state index < -0.39 is 5.97 Å². The van der Waals surface area contributed by atoms with E-state index in [1.54, 1.807) is 60.7 Å². The highest BCUT2D eigenvalue weighted by atomic mass is 32.2. The smallest absolute Gasteiger partial charge is 0.341 e. The molecule has 0 aliphatic rings. The van der Waals surface area contributed by atoms with Gasteiger partial charge in [0.25, 0.3) is 5.56 Å². The fourth-order valence-corrected chi connectivity index (χ4v) is 3.81. The molecule has 0 bridgehead atoms. The first kappa shape index (κ1) is 19.4. The maximum absolute atomic E-state index is 12.7. The number of fused-ring (bicyclic) bond motifs is 1. The zero-order chi connectivity index (χ0) is 20.9. The highest BCUT2D eigenvalue weighted by Crippen LogP contribution is 2.32. The second kappa shape index (κ2) is 8.59. The third-order valence-electron chi connectivity index (χ3n) is 4.28. The van der Waals surface area contributed by atoms with Gasteiger partial charge in [0.05, 0.1) is 16.5 Å². The molecule has 3 aromatic carbocycles. The molecule has 0 unspecified atom stereocenters. The predicted octanol–water partition coefficient (Wildman–Crippen LogP) is 3.63. The van der Waals surface area contributed by atoms with E-state index in [0.717, 1.165) is 9.58 Å². The summed E-state index contributed by atoms with van der Waals surface area (Å²) in [5.41, 5.74) is 0.933. The maximum atomic E-state index is 12.7. The number of hydrogen-bond donors (Lipinski definition) is 0. The van der Waals surface area contributed by atoms with Gasteiger partial charge in [-0.25, -0.2) is 4.79 Å². The average Bonchev–Trinajstić information content (AvgIpc) is 2.79. The largest absolute Gasteiger partial charge is 0.439 e. The Morgan fingerprint density at radius 2 is 1.70 bits per heavy atom. The highest BCUT2D eigenvalue weighted by Gasteiger charge is 2.16. The van der Waals surface area contributed by atoms with Crippen molar-refractivity contribution in [1.29, 1.82) is 5.26 Å². The van der Waals surface area contributed by atoms with E-state index in [0.29, 0.717) is 26.9 Å². The van der Waals surface area contributed by atoms with Crippen LogP contribution in [0, 0.1) is 11.3 Å². The molecule has 0 aliphatic carbocycles. The fraction of sp³-hybridized carbons (Fsp3) is 0.0455. The SMILES string of the molecule is N#Cc1ccccc1Sc1ccccc1C(=O)OCn1nnc2ccccc2c1=O. The van der Waals surface area contributed by atoms with Crippen LogP contribution in [0.3, 0.4) is 0 Å². The first-order valence-electron chi connectivity index (χ1n) is 8.93. The van der Waals surface area contributed by atoms with E-state index >= 15 is 0 Å². The third-order valence-corrected chi connectivity index (χ3v) is 5.43. The van der Waals surface area contributed by atoms with E-state index in [-0.39, 0.29) is 12.3 Å². The van der Waals surface area contributed by atoms with Crippen molar-refractivity contribution in [3.8, 4) is 6.07 Å². The zero-order valence-corrected chi connectivity index (χ0v) is 16.4. The lowest BCUT2D eigenvalue weighted by Gasteiger charge is -2.10. The van der Waals surface area contributed by atoms with Crippen LogP contribution in [0.2, 0.25) is 0 Å². The van der Waals surface area contributed by atoms with Gasteiger partial charge in [0.1, 0.15) is 11.6 Å². The van der Waals surface area contributed by atoms with Crippen LogP contribution in [0.25, 0.3) is 10.9 Å². The summed E-state index contributed by atoms with van der Waals surface area (Å²) < 4.78 is 6.32.